The van der Waals surface area contributed by atoms with E-state index in [-0.39, 0.29) is 5.70 Å². The normalized spacial score (nSPS) is 15.2. The quantitative estimate of drug-likeness (QED) is 0.639. The lowest BCUT2D eigenvalue weighted by molar-refractivity contribution is -0.129. The summed E-state index contributed by atoms with van der Waals surface area (Å²) in [6, 6.07) is 13.1. The zero-order valence-electron chi connectivity index (χ0n) is 13.7. The minimum atomic E-state index is -0.489. The molecule has 1 aliphatic heterocycles. The van der Waals surface area contributed by atoms with Gasteiger partial charge in [-0.15, -0.1) is 0 Å². The number of aliphatic imine (C=N–C) groups is 1. The number of nitrogens with zero attached hydrogens (tertiary/aromatic N) is 1. The number of esters is 1. The molecule has 0 bridgehead atoms. The highest BCUT2D eigenvalue weighted by molar-refractivity contribution is 6.13. The number of hydrogen-bond donors (Lipinski definition) is 0. The van der Waals surface area contributed by atoms with Crippen molar-refractivity contribution < 1.29 is 19.0 Å². The van der Waals surface area contributed by atoms with E-state index in [2.05, 4.69) is 4.99 Å². The highest BCUT2D eigenvalue weighted by atomic mass is 16.6. The fourth-order valence-electron chi connectivity index (χ4n) is 2.48. The van der Waals surface area contributed by atoms with Gasteiger partial charge in [0.15, 0.2) is 17.2 Å². The van der Waals surface area contributed by atoms with E-state index in [1.165, 1.54) is 0 Å². The molecule has 1 heterocycles. The van der Waals surface area contributed by atoms with E-state index in [1.807, 2.05) is 43.3 Å². The van der Waals surface area contributed by atoms with Gasteiger partial charge in [0.25, 0.3) is 0 Å². The number of rotatable bonds is 4. The summed E-state index contributed by atoms with van der Waals surface area (Å²) in [6.07, 6.45) is 1.63. The Morgan fingerprint density at radius 2 is 1.88 bits per heavy atom. The molecule has 0 fully saturated rings. The van der Waals surface area contributed by atoms with Crippen molar-refractivity contribution in [2.24, 2.45) is 4.99 Å². The third-order valence-corrected chi connectivity index (χ3v) is 3.61. The van der Waals surface area contributed by atoms with E-state index in [0.717, 1.165) is 11.1 Å². The average molecular weight is 323 g/mol. The van der Waals surface area contributed by atoms with Gasteiger partial charge in [0.1, 0.15) is 0 Å². The molecule has 122 valence electrons. The minimum Gasteiger partial charge on any atom is -0.493 e. The second kappa shape index (κ2) is 6.58. The van der Waals surface area contributed by atoms with Crippen molar-refractivity contribution in [2.45, 2.75) is 6.92 Å². The van der Waals surface area contributed by atoms with Crippen LogP contribution in [0.2, 0.25) is 0 Å². The number of para-hydroxylation sites is 1. The Labute approximate surface area is 140 Å². The third-order valence-electron chi connectivity index (χ3n) is 3.61. The van der Waals surface area contributed by atoms with E-state index < -0.39 is 5.97 Å². The van der Waals surface area contributed by atoms with Crippen LogP contribution in [0.5, 0.6) is 11.5 Å². The molecule has 0 unspecified atom stereocenters. The maximum absolute atomic E-state index is 12.1. The van der Waals surface area contributed by atoms with Crippen LogP contribution >= 0.6 is 0 Å². The number of methoxy groups -OCH3 is 2. The summed E-state index contributed by atoms with van der Waals surface area (Å²) in [6.45, 7) is 1.97. The number of carbonyl (C=O) groups excluding carboxylic acids is 1. The first-order chi connectivity index (χ1) is 11.6. The monoisotopic (exact) mass is 323 g/mol. The third kappa shape index (κ3) is 3.01. The van der Waals surface area contributed by atoms with Gasteiger partial charge >= 0.3 is 5.97 Å². The Hall–Kier alpha value is -3.08. The first kappa shape index (κ1) is 15.8. The van der Waals surface area contributed by atoms with Crippen molar-refractivity contribution in [1.82, 2.24) is 0 Å². The molecule has 0 radical (unpaired) electrons. The standard InChI is InChI=1S/C19H17NO4/c1-12-6-4-8-14(10-12)18-20-15(19(21)24-18)11-13-7-5-9-16(22-2)17(13)23-3/h4-11H,1-3H3. The van der Waals surface area contributed by atoms with Crippen molar-refractivity contribution in [3.05, 3.63) is 64.9 Å². The highest BCUT2D eigenvalue weighted by Crippen LogP contribution is 2.33. The number of aryl methyl sites for hydroxylation is 1. The molecule has 0 saturated heterocycles. The maximum atomic E-state index is 12.1. The van der Waals surface area contributed by atoms with Crippen LogP contribution < -0.4 is 9.47 Å². The summed E-state index contributed by atoms with van der Waals surface area (Å²) in [4.78, 5) is 16.4. The number of carbonyl (C=O) groups is 1. The second-order valence-electron chi connectivity index (χ2n) is 5.29. The molecule has 3 rings (SSSR count). The lowest BCUT2D eigenvalue weighted by Crippen LogP contribution is -2.05. The zero-order chi connectivity index (χ0) is 17.1. The molecule has 0 spiro atoms. The lowest BCUT2D eigenvalue weighted by atomic mass is 10.1. The van der Waals surface area contributed by atoms with Crippen LogP contribution in [0.25, 0.3) is 6.08 Å². The topological polar surface area (TPSA) is 57.1 Å². The molecule has 0 aromatic heterocycles. The summed E-state index contributed by atoms with van der Waals surface area (Å²) in [5, 5.41) is 0. The Morgan fingerprint density at radius 3 is 2.58 bits per heavy atom. The molecule has 1 aliphatic rings. The molecule has 5 nitrogen and oxygen atoms in total. The summed E-state index contributed by atoms with van der Waals surface area (Å²) in [5.74, 6) is 0.939. The fourth-order valence-corrected chi connectivity index (χ4v) is 2.48. The van der Waals surface area contributed by atoms with Gasteiger partial charge in [-0.25, -0.2) is 9.79 Å². The van der Waals surface area contributed by atoms with Gasteiger partial charge in [-0.2, -0.15) is 0 Å². The molecular weight excluding hydrogens is 306 g/mol. The van der Waals surface area contributed by atoms with Crippen LogP contribution in [0.4, 0.5) is 0 Å². The molecule has 0 N–H and O–H groups in total. The van der Waals surface area contributed by atoms with E-state index in [4.69, 9.17) is 14.2 Å². The van der Waals surface area contributed by atoms with Gasteiger partial charge in [0.2, 0.25) is 5.90 Å². The highest BCUT2D eigenvalue weighted by Gasteiger charge is 2.24. The van der Waals surface area contributed by atoms with Gasteiger partial charge in [0.05, 0.1) is 14.2 Å². The lowest BCUT2D eigenvalue weighted by Gasteiger charge is -2.09. The van der Waals surface area contributed by atoms with Gasteiger partial charge in [-0.3, -0.25) is 0 Å². The fraction of sp³-hybridized carbons (Fsp3) is 0.158. The molecule has 0 atom stereocenters. The summed E-state index contributed by atoms with van der Waals surface area (Å²) in [5.41, 5.74) is 2.75. The van der Waals surface area contributed by atoms with Crippen molar-refractivity contribution in [1.29, 1.82) is 0 Å². The average Bonchev–Trinajstić information content (AvgIpc) is 2.95. The van der Waals surface area contributed by atoms with Crippen LogP contribution in [-0.2, 0) is 9.53 Å². The van der Waals surface area contributed by atoms with Crippen LogP contribution in [0.3, 0.4) is 0 Å². The minimum absolute atomic E-state index is 0.220. The first-order valence-corrected chi connectivity index (χ1v) is 7.43. The molecule has 2 aromatic carbocycles. The van der Waals surface area contributed by atoms with Crippen molar-refractivity contribution in [3.63, 3.8) is 0 Å². The molecule has 2 aromatic rings. The molecular formula is C19H17NO4. The Balaban J connectivity index is 2.01. The van der Waals surface area contributed by atoms with Gasteiger partial charge < -0.3 is 14.2 Å². The SMILES string of the molecule is COc1cccc(C=C2N=C(c3cccc(C)c3)OC2=O)c1OC. The number of ether oxygens (including phenoxy) is 3. The largest absolute Gasteiger partial charge is 0.493 e. The van der Waals surface area contributed by atoms with Gasteiger partial charge in [0, 0.05) is 11.1 Å². The van der Waals surface area contributed by atoms with Crippen molar-refractivity contribution in [3.8, 4) is 11.5 Å². The number of hydrogen-bond acceptors (Lipinski definition) is 5. The molecule has 24 heavy (non-hydrogen) atoms. The van der Waals surface area contributed by atoms with Crippen LogP contribution in [0.15, 0.2) is 53.2 Å². The van der Waals surface area contributed by atoms with E-state index in [9.17, 15) is 4.79 Å². The van der Waals surface area contributed by atoms with E-state index in [0.29, 0.717) is 23.0 Å². The van der Waals surface area contributed by atoms with E-state index in [1.54, 1.807) is 26.4 Å². The van der Waals surface area contributed by atoms with Gasteiger partial charge in [-0.05, 0) is 31.2 Å². The molecule has 0 amide bonds. The molecule has 5 heteroatoms. The maximum Gasteiger partial charge on any atom is 0.363 e. The number of cyclic esters (lactones) is 1. The Kier molecular flexibility index (Phi) is 4.33. The Morgan fingerprint density at radius 1 is 1.08 bits per heavy atom. The van der Waals surface area contributed by atoms with Crippen molar-refractivity contribution in [2.75, 3.05) is 14.2 Å². The Bertz CT molecular complexity index is 852. The predicted octanol–water partition coefficient (Wildman–Crippen LogP) is 3.36. The summed E-state index contributed by atoms with van der Waals surface area (Å²) < 4.78 is 15.9. The zero-order valence-corrected chi connectivity index (χ0v) is 13.7. The predicted molar refractivity (Wildman–Crippen MR) is 91.3 cm³/mol. The molecule has 0 saturated carbocycles. The smallest absolute Gasteiger partial charge is 0.363 e. The van der Waals surface area contributed by atoms with Crippen molar-refractivity contribution >= 4 is 17.9 Å². The molecule has 0 aliphatic carbocycles. The second-order valence-corrected chi connectivity index (χ2v) is 5.29. The summed E-state index contributed by atoms with van der Waals surface area (Å²) in [7, 11) is 3.11. The number of benzene rings is 2. The summed E-state index contributed by atoms with van der Waals surface area (Å²) >= 11 is 0. The van der Waals surface area contributed by atoms with Gasteiger partial charge in [-0.1, -0.05) is 29.8 Å². The van der Waals surface area contributed by atoms with Crippen LogP contribution in [0, 0.1) is 6.92 Å². The first-order valence-electron chi connectivity index (χ1n) is 7.43. The van der Waals surface area contributed by atoms with E-state index >= 15 is 0 Å². The van der Waals surface area contributed by atoms with Crippen LogP contribution in [0.1, 0.15) is 16.7 Å². The van der Waals surface area contributed by atoms with Crippen LogP contribution in [-0.4, -0.2) is 26.1 Å².